The van der Waals surface area contributed by atoms with Gasteiger partial charge in [-0.1, -0.05) is 12.1 Å². The van der Waals surface area contributed by atoms with Crippen molar-refractivity contribution in [2.45, 2.75) is 32.5 Å². The van der Waals surface area contributed by atoms with Crippen LogP contribution in [0.5, 0.6) is 0 Å². The van der Waals surface area contributed by atoms with Crippen LogP contribution in [0.1, 0.15) is 19.4 Å². The number of hydrogen-bond donors (Lipinski definition) is 1. The molecule has 0 saturated carbocycles. The number of carbonyl (C=O) groups is 1. The van der Waals surface area contributed by atoms with E-state index in [1.807, 2.05) is 43.0 Å². The molecule has 0 aromatic heterocycles. The molecule has 2 N–H and O–H groups in total. The molecule has 1 fully saturated rings. The van der Waals surface area contributed by atoms with Crippen LogP contribution in [0, 0.1) is 0 Å². The van der Waals surface area contributed by atoms with Crippen molar-refractivity contribution in [2.75, 3.05) is 18.8 Å². The molecule has 0 bridgehead atoms. The Bertz CT molecular complexity index is 424. The third-order valence-corrected chi connectivity index (χ3v) is 3.08. The number of rotatable bonds is 2. The fourth-order valence-electron chi connectivity index (χ4n) is 2.37. The van der Waals surface area contributed by atoms with Crippen molar-refractivity contribution in [1.82, 2.24) is 4.90 Å². The Balaban J connectivity index is 1.99. The van der Waals surface area contributed by atoms with E-state index in [1.165, 1.54) is 0 Å². The molecule has 2 rings (SSSR count). The molecule has 4 heteroatoms. The summed E-state index contributed by atoms with van der Waals surface area (Å²) >= 11 is 0. The van der Waals surface area contributed by atoms with Crippen molar-refractivity contribution < 1.29 is 9.53 Å². The topological polar surface area (TPSA) is 55.6 Å². The maximum absolute atomic E-state index is 12.2. The van der Waals surface area contributed by atoms with E-state index >= 15 is 0 Å². The molecule has 1 aliphatic heterocycles. The van der Waals surface area contributed by atoms with E-state index in [4.69, 9.17) is 10.5 Å². The van der Waals surface area contributed by atoms with Gasteiger partial charge in [0.25, 0.3) is 0 Å². The monoisotopic (exact) mass is 248 g/mol. The molecule has 0 unspecified atom stereocenters. The second-order valence-electron chi connectivity index (χ2n) is 4.98. The second-order valence-corrected chi connectivity index (χ2v) is 4.98. The minimum atomic E-state index is 0.110. The SMILES string of the molecule is C[C@@H]1CN(C(=O)Cc2cccc(N)c2)C[C@@H](C)O1. The zero-order chi connectivity index (χ0) is 13.1. The Morgan fingerprint density at radius 1 is 1.39 bits per heavy atom. The van der Waals surface area contributed by atoms with E-state index in [2.05, 4.69) is 0 Å². The lowest BCUT2D eigenvalue weighted by atomic mass is 10.1. The third kappa shape index (κ3) is 3.23. The third-order valence-electron chi connectivity index (χ3n) is 3.08. The molecule has 4 nitrogen and oxygen atoms in total. The van der Waals surface area contributed by atoms with Gasteiger partial charge in [0.2, 0.25) is 5.91 Å². The summed E-state index contributed by atoms with van der Waals surface area (Å²) in [4.78, 5) is 14.1. The highest BCUT2D eigenvalue weighted by molar-refractivity contribution is 5.79. The average molecular weight is 248 g/mol. The molecule has 1 heterocycles. The second kappa shape index (κ2) is 5.40. The first-order chi connectivity index (χ1) is 8.54. The largest absolute Gasteiger partial charge is 0.399 e. The van der Waals surface area contributed by atoms with Crippen LogP contribution in [0.2, 0.25) is 0 Å². The number of hydrogen-bond acceptors (Lipinski definition) is 3. The molecular formula is C14H20N2O2. The summed E-state index contributed by atoms with van der Waals surface area (Å²) < 4.78 is 5.62. The lowest BCUT2D eigenvalue weighted by molar-refractivity contribution is -0.142. The van der Waals surface area contributed by atoms with Crippen molar-refractivity contribution in [3.8, 4) is 0 Å². The molecule has 0 aliphatic carbocycles. The van der Waals surface area contributed by atoms with Crippen molar-refractivity contribution >= 4 is 11.6 Å². The van der Waals surface area contributed by atoms with Crippen LogP contribution in [0.4, 0.5) is 5.69 Å². The van der Waals surface area contributed by atoms with Gasteiger partial charge >= 0.3 is 0 Å². The fourth-order valence-corrected chi connectivity index (χ4v) is 2.37. The summed E-state index contributed by atoms with van der Waals surface area (Å²) in [5.41, 5.74) is 7.37. The van der Waals surface area contributed by atoms with E-state index in [0.29, 0.717) is 25.2 Å². The van der Waals surface area contributed by atoms with Gasteiger partial charge in [-0.05, 0) is 31.5 Å². The number of nitrogens with zero attached hydrogens (tertiary/aromatic N) is 1. The Morgan fingerprint density at radius 3 is 2.67 bits per heavy atom. The number of amides is 1. The lowest BCUT2D eigenvalue weighted by Crippen LogP contribution is -2.48. The fraction of sp³-hybridized carbons (Fsp3) is 0.500. The van der Waals surface area contributed by atoms with Crippen molar-refractivity contribution in [3.63, 3.8) is 0 Å². The Labute approximate surface area is 108 Å². The Hall–Kier alpha value is -1.55. The average Bonchev–Trinajstić information content (AvgIpc) is 2.27. The predicted molar refractivity (Wildman–Crippen MR) is 71.1 cm³/mol. The van der Waals surface area contributed by atoms with Crippen LogP contribution < -0.4 is 5.73 Å². The smallest absolute Gasteiger partial charge is 0.227 e. The van der Waals surface area contributed by atoms with Crippen molar-refractivity contribution in [3.05, 3.63) is 29.8 Å². The number of nitrogen functional groups attached to an aromatic ring is 1. The highest BCUT2D eigenvalue weighted by atomic mass is 16.5. The lowest BCUT2D eigenvalue weighted by Gasteiger charge is -2.35. The normalized spacial score (nSPS) is 24.0. The highest BCUT2D eigenvalue weighted by Crippen LogP contribution is 2.13. The molecular weight excluding hydrogens is 228 g/mol. The van der Waals surface area contributed by atoms with Gasteiger partial charge in [0, 0.05) is 18.8 Å². The first-order valence-electron chi connectivity index (χ1n) is 6.32. The van der Waals surface area contributed by atoms with E-state index < -0.39 is 0 Å². The minimum Gasteiger partial charge on any atom is -0.399 e. The van der Waals surface area contributed by atoms with Crippen LogP contribution in [0.3, 0.4) is 0 Å². The number of benzene rings is 1. The molecule has 1 aliphatic rings. The van der Waals surface area contributed by atoms with E-state index in [9.17, 15) is 4.79 Å². The number of carbonyl (C=O) groups excluding carboxylic acids is 1. The molecule has 0 spiro atoms. The summed E-state index contributed by atoms with van der Waals surface area (Å²) in [5, 5.41) is 0. The van der Waals surface area contributed by atoms with Gasteiger partial charge in [-0.15, -0.1) is 0 Å². The maximum atomic E-state index is 12.2. The zero-order valence-electron chi connectivity index (χ0n) is 10.9. The number of ether oxygens (including phenoxy) is 1. The summed E-state index contributed by atoms with van der Waals surface area (Å²) in [7, 11) is 0. The van der Waals surface area contributed by atoms with Gasteiger partial charge in [-0.25, -0.2) is 0 Å². The van der Waals surface area contributed by atoms with Gasteiger partial charge in [-0.3, -0.25) is 4.79 Å². The van der Waals surface area contributed by atoms with Gasteiger partial charge in [0.15, 0.2) is 0 Å². The number of morpholine rings is 1. The quantitative estimate of drug-likeness (QED) is 0.806. The number of nitrogens with two attached hydrogens (primary N) is 1. The zero-order valence-corrected chi connectivity index (χ0v) is 10.9. The first kappa shape index (κ1) is 12.9. The summed E-state index contributed by atoms with van der Waals surface area (Å²) in [6.45, 7) is 5.34. The number of anilines is 1. The highest BCUT2D eigenvalue weighted by Gasteiger charge is 2.25. The van der Waals surface area contributed by atoms with E-state index in [1.54, 1.807) is 0 Å². The Kier molecular flexibility index (Phi) is 3.87. The van der Waals surface area contributed by atoms with Gasteiger partial charge in [-0.2, -0.15) is 0 Å². The standard InChI is InChI=1S/C14H20N2O2/c1-10-8-16(9-11(2)18-10)14(17)7-12-4-3-5-13(15)6-12/h3-6,10-11H,7-9,15H2,1-2H3/t10-,11-/m1/s1. The summed E-state index contributed by atoms with van der Waals surface area (Å²) in [6.07, 6.45) is 0.627. The van der Waals surface area contributed by atoms with Crippen LogP contribution >= 0.6 is 0 Å². The van der Waals surface area contributed by atoms with Crippen molar-refractivity contribution in [2.24, 2.45) is 0 Å². The van der Waals surface area contributed by atoms with Crippen molar-refractivity contribution in [1.29, 1.82) is 0 Å². The van der Waals surface area contributed by atoms with Crippen LogP contribution in [-0.4, -0.2) is 36.1 Å². The molecule has 1 saturated heterocycles. The van der Waals surface area contributed by atoms with E-state index in [-0.39, 0.29) is 18.1 Å². The molecule has 1 aromatic carbocycles. The van der Waals surface area contributed by atoms with Crippen LogP contribution in [0.15, 0.2) is 24.3 Å². The van der Waals surface area contributed by atoms with Gasteiger partial charge in [0.1, 0.15) is 0 Å². The van der Waals surface area contributed by atoms with Crippen LogP contribution in [0.25, 0.3) is 0 Å². The van der Waals surface area contributed by atoms with E-state index in [0.717, 1.165) is 5.56 Å². The summed E-state index contributed by atoms with van der Waals surface area (Å²) in [6, 6.07) is 7.49. The molecule has 2 atom stereocenters. The minimum absolute atomic E-state index is 0.110. The molecule has 98 valence electrons. The molecule has 0 radical (unpaired) electrons. The predicted octanol–water partition coefficient (Wildman–Crippen LogP) is 1.45. The maximum Gasteiger partial charge on any atom is 0.227 e. The molecule has 1 aromatic rings. The Morgan fingerprint density at radius 2 is 2.06 bits per heavy atom. The summed E-state index contributed by atoms with van der Waals surface area (Å²) in [5.74, 6) is 0.141. The van der Waals surface area contributed by atoms with Gasteiger partial charge in [0.05, 0.1) is 18.6 Å². The van der Waals surface area contributed by atoms with Gasteiger partial charge < -0.3 is 15.4 Å². The van der Waals surface area contributed by atoms with Crippen LogP contribution in [-0.2, 0) is 16.0 Å². The molecule has 18 heavy (non-hydrogen) atoms. The molecule has 1 amide bonds. The first-order valence-corrected chi connectivity index (χ1v) is 6.32.